The Bertz CT molecular complexity index is 929. The molecule has 5 atom stereocenters. The highest BCUT2D eigenvalue weighted by molar-refractivity contribution is 6.35. The van der Waals surface area contributed by atoms with Crippen molar-refractivity contribution in [2.45, 2.75) is 50.8 Å². The minimum absolute atomic E-state index is 0.122. The molecule has 0 aromatic heterocycles. The molecule has 0 aliphatic carbocycles. The van der Waals surface area contributed by atoms with E-state index in [2.05, 4.69) is 24.5 Å². The number of imide groups is 1. The summed E-state index contributed by atoms with van der Waals surface area (Å²) in [6.07, 6.45) is 2.34. The van der Waals surface area contributed by atoms with Crippen molar-refractivity contribution >= 4 is 35.0 Å². The van der Waals surface area contributed by atoms with E-state index < -0.39 is 17.4 Å². The van der Waals surface area contributed by atoms with Gasteiger partial charge < -0.3 is 10.1 Å². The number of hydrogen-bond acceptors (Lipinski definition) is 5. The molecule has 2 N–H and O–H groups in total. The lowest BCUT2D eigenvalue weighted by atomic mass is 9.76. The number of para-hydroxylation sites is 1. The van der Waals surface area contributed by atoms with E-state index in [0.29, 0.717) is 35.2 Å². The molecule has 8 heteroatoms. The molecule has 7 nitrogen and oxygen atoms in total. The molecule has 0 bridgehead atoms. The Labute approximate surface area is 180 Å². The normalized spacial score (nSPS) is 34.9. The van der Waals surface area contributed by atoms with Gasteiger partial charge in [-0.3, -0.25) is 24.6 Å². The summed E-state index contributed by atoms with van der Waals surface area (Å²) < 4.78 is 5.68. The number of anilines is 1. The first kappa shape index (κ1) is 20.0. The maximum Gasteiger partial charge on any atom is 0.250 e. The first-order valence-corrected chi connectivity index (χ1v) is 11.1. The number of nitrogens with zero attached hydrogens (tertiary/aromatic N) is 1. The van der Waals surface area contributed by atoms with Gasteiger partial charge in [-0.2, -0.15) is 0 Å². The number of hydrogen-bond donors (Lipinski definition) is 2. The minimum Gasteiger partial charge on any atom is -0.376 e. The van der Waals surface area contributed by atoms with E-state index in [1.807, 2.05) is 6.07 Å². The fraction of sp³-hybridized carbons (Fsp3) is 0.591. The lowest BCUT2D eigenvalue weighted by molar-refractivity contribution is -0.144. The lowest BCUT2D eigenvalue weighted by Gasteiger charge is -2.30. The molecule has 160 valence electrons. The Hall–Kier alpha value is -1.96. The van der Waals surface area contributed by atoms with Gasteiger partial charge in [0.25, 0.3) is 0 Å². The third kappa shape index (κ3) is 2.68. The monoisotopic (exact) mass is 431 g/mol. The van der Waals surface area contributed by atoms with Crippen molar-refractivity contribution in [1.82, 2.24) is 10.2 Å². The van der Waals surface area contributed by atoms with Crippen LogP contribution >= 0.6 is 11.6 Å². The molecular formula is C22H26ClN3O4. The fourth-order valence-electron chi connectivity index (χ4n) is 5.74. The second kappa shape index (κ2) is 7.04. The van der Waals surface area contributed by atoms with E-state index >= 15 is 0 Å². The van der Waals surface area contributed by atoms with Gasteiger partial charge in [-0.25, -0.2) is 0 Å². The highest BCUT2D eigenvalue weighted by Crippen LogP contribution is 2.54. The number of halogens is 1. The highest BCUT2D eigenvalue weighted by atomic mass is 35.5. The smallest absolute Gasteiger partial charge is 0.250 e. The van der Waals surface area contributed by atoms with Crippen molar-refractivity contribution in [2.75, 3.05) is 18.5 Å². The number of rotatable bonds is 4. The summed E-state index contributed by atoms with van der Waals surface area (Å²) in [6.45, 7) is 5.07. The highest BCUT2D eigenvalue weighted by Gasteiger charge is 2.70. The van der Waals surface area contributed by atoms with Crippen LogP contribution < -0.4 is 10.6 Å². The molecule has 4 aliphatic rings. The van der Waals surface area contributed by atoms with Gasteiger partial charge >= 0.3 is 0 Å². The minimum atomic E-state index is -1.28. The number of carbonyl (C=O) groups is 3. The SMILES string of the molecule is CC(C)C[C@@H]1N[C@@]2(C(=O)Nc3c(Cl)cccc32)[C@H]2C(=O)N(CC3CCCO3)C(=O)[C@@H]12. The Balaban J connectivity index is 1.59. The zero-order chi connectivity index (χ0) is 21.2. The molecule has 3 fully saturated rings. The van der Waals surface area contributed by atoms with Crippen molar-refractivity contribution in [3.8, 4) is 0 Å². The predicted octanol–water partition coefficient (Wildman–Crippen LogP) is 2.29. The molecule has 3 saturated heterocycles. The van der Waals surface area contributed by atoms with Crippen LogP contribution in [0.3, 0.4) is 0 Å². The van der Waals surface area contributed by atoms with Crippen molar-refractivity contribution in [3.63, 3.8) is 0 Å². The Morgan fingerprint density at radius 2 is 2.07 bits per heavy atom. The Kier molecular flexibility index (Phi) is 4.69. The van der Waals surface area contributed by atoms with Gasteiger partial charge in [-0.1, -0.05) is 37.6 Å². The molecule has 1 aromatic rings. The number of benzene rings is 1. The maximum absolute atomic E-state index is 13.6. The summed E-state index contributed by atoms with van der Waals surface area (Å²) in [4.78, 5) is 41.8. The van der Waals surface area contributed by atoms with Crippen molar-refractivity contribution in [1.29, 1.82) is 0 Å². The van der Waals surface area contributed by atoms with E-state index in [1.54, 1.807) is 12.1 Å². The molecule has 4 aliphatic heterocycles. The van der Waals surface area contributed by atoms with Crippen LogP contribution in [0.25, 0.3) is 0 Å². The maximum atomic E-state index is 13.6. The van der Waals surface area contributed by atoms with Crippen molar-refractivity contribution in [2.24, 2.45) is 17.8 Å². The van der Waals surface area contributed by atoms with Gasteiger partial charge in [-0.15, -0.1) is 0 Å². The second-order valence-corrected chi connectivity index (χ2v) is 9.64. The van der Waals surface area contributed by atoms with Crippen LogP contribution in [-0.2, 0) is 24.7 Å². The second-order valence-electron chi connectivity index (χ2n) is 9.23. The number of nitrogens with one attached hydrogen (secondary N) is 2. The summed E-state index contributed by atoms with van der Waals surface area (Å²) in [6, 6.07) is 5.04. The third-order valence-electron chi connectivity index (χ3n) is 6.93. The van der Waals surface area contributed by atoms with Crippen LogP contribution in [0.1, 0.15) is 38.7 Å². The van der Waals surface area contributed by atoms with Gasteiger partial charge in [-0.05, 0) is 31.2 Å². The lowest BCUT2D eigenvalue weighted by Crippen LogP contribution is -2.53. The standard InChI is InChI=1S/C22H26ClN3O4/c1-11(2)9-15-16-17(20(28)26(19(16)27)10-12-5-4-8-30-12)22(25-15)13-6-3-7-14(23)18(13)24-21(22)29/h3,6-7,11-12,15-17,25H,4-5,8-10H2,1-2H3,(H,24,29)/t12?,15-,16-,17+,22+/m0/s1. The average molecular weight is 432 g/mol. The van der Waals surface area contributed by atoms with E-state index in [1.165, 1.54) is 4.90 Å². The largest absolute Gasteiger partial charge is 0.376 e. The molecule has 1 spiro atoms. The molecule has 0 radical (unpaired) electrons. The Morgan fingerprint density at radius 3 is 2.77 bits per heavy atom. The predicted molar refractivity (Wildman–Crippen MR) is 111 cm³/mol. The summed E-state index contributed by atoms with van der Waals surface area (Å²) in [5, 5.41) is 6.73. The number of fused-ring (bicyclic) bond motifs is 4. The zero-order valence-corrected chi connectivity index (χ0v) is 17.9. The molecule has 3 amide bonds. The van der Waals surface area contributed by atoms with Crippen LogP contribution in [0, 0.1) is 17.8 Å². The van der Waals surface area contributed by atoms with Crippen molar-refractivity contribution < 1.29 is 19.1 Å². The van der Waals surface area contributed by atoms with E-state index in [0.717, 1.165) is 12.8 Å². The Morgan fingerprint density at radius 1 is 1.27 bits per heavy atom. The molecule has 1 aromatic carbocycles. The molecule has 0 saturated carbocycles. The van der Waals surface area contributed by atoms with Crippen molar-refractivity contribution in [3.05, 3.63) is 28.8 Å². The summed E-state index contributed by atoms with van der Waals surface area (Å²) in [7, 11) is 0. The van der Waals surface area contributed by atoms with Crippen LogP contribution in [0.4, 0.5) is 5.69 Å². The first-order valence-electron chi connectivity index (χ1n) is 10.7. The van der Waals surface area contributed by atoms with Crippen LogP contribution in [0.2, 0.25) is 5.02 Å². The summed E-state index contributed by atoms with van der Waals surface area (Å²) in [5.41, 5.74) is -0.0949. The fourth-order valence-corrected chi connectivity index (χ4v) is 5.96. The van der Waals surface area contributed by atoms with E-state index in [4.69, 9.17) is 16.3 Å². The number of ether oxygens (including phenoxy) is 1. The molecule has 1 unspecified atom stereocenters. The summed E-state index contributed by atoms with van der Waals surface area (Å²) in [5.74, 6) is -1.85. The van der Waals surface area contributed by atoms with Gasteiger partial charge in [0.05, 0.1) is 35.2 Å². The molecule has 5 rings (SSSR count). The van der Waals surface area contributed by atoms with Crippen LogP contribution in [0.5, 0.6) is 0 Å². The number of carbonyl (C=O) groups excluding carboxylic acids is 3. The quantitative estimate of drug-likeness (QED) is 0.714. The molecular weight excluding hydrogens is 406 g/mol. The van der Waals surface area contributed by atoms with Gasteiger partial charge in [0, 0.05) is 18.2 Å². The van der Waals surface area contributed by atoms with Gasteiger partial charge in [0.15, 0.2) is 0 Å². The van der Waals surface area contributed by atoms with Crippen LogP contribution in [-0.4, -0.2) is 47.9 Å². The zero-order valence-electron chi connectivity index (χ0n) is 17.1. The summed E-state index contributed by atoms with van der Waals surface area (Å²) >= 11 is 6.35. The number of amides is 3. The van der Waals surface area contributed by atoms with E-state index in [-0.39, 0.29) is 36.4 Å². The van der Waals surface area contributed by atoms with E-state index in [9.17, 15) is 14.4 Å². The molecule has 30 heavy (non-hydrogen) atoms. The van der Waals surface area contributed by atoms with Crippen LogP contribution in [0.15, 0.2) is 18.2 Å². The van der Waals surface area contributed by atoms with Gasteiger partial charge in [0.1, 0.15) is 5.54 Å². The third-order valence-corrected chi connectivity index (χ3v) is 7.24. The first-order chi connectivity index (χ1) is 14.3. The van der Waals surface area contributed by atoms with Gasteiger partial charge in [0.2, 0.25) is 17.7 Å². The average Bonchev–Trinajstić information content (AvgIpc) is 3.42. The topological polar surface area (TPSA) is 87.7 Å². The molecule has 4 heterocycles. The number of likely N-dealkylation sites (tertiary alicyclic amines) is 1.